The average molecular weight is 763 g/mol. The standard InChI is InChI=1S/C40H62N2O12/c1-13-30-40(9)35(53-38(46)54-40)24(4)31(41-48-21-28-17-15-14-16-18-28)22(2)20-39(8,47-12)34(25(5)32(44)26(6)36(45)51-30)52-37-33(50-27(7)43)29(42(10)11)19-23(3)49-37/h14-18,22-26,29-30,32-35,37,44H,13,19-21H2,1-12H3/b41-31+/t22-,23-,24+,25+,26-,29+,30-,32+,33-,34-,35-,37+,39-,40-/m1/s1. The van der Waals surface area contributed by atoms with Crippen molar-refractivity contribution in [2.45, 2.75) is 148 Å². The Bertz CT molecular complexity index is 1460. The number of aliphatic hydroxyl groups is 1. The molecule has 0 radical (unpaired) electrons. The molecular formula is C40H62N2O12. The Labute approximate surface area is 320 Å². The van der Waals surface area contributed by atoms with Gasteiger partial charge >= 0.3 is 18.1 Å². The SMILES string of the molecule is CC[C@H]1OC(=O)[C@H](C)[C@@H](O)[C@H](C)[C@@H](O[C@@H]2O[C@H](C)C[C@H](N(C)C)[C@H]2OC(C)=O)[C@](C)(OC)C[C@@H](C)/C(=N\OCc2ccccc2)[C@H](C)[C@H]2OC(=O)O[C@@]21C. The van der Waals surface area contributed by atoms with Gasteiger partial charge in [0, 0.05) is 31.8 Å². The van der Waals surface area contributed by atoms with Crippen LogP contribution in [0.5, 0.6) is 0 Å². The van der Waals surface area contributed by atoms with Crippen LogP contribution in [-0.2, 0) is 54.2 Å². The molecule has 14 nitrogen and oxygen atoms in total. The van der Waals surface area contributed by atoms with Crippen molar-refractivity contribution < 1.29 is 57.5 Å². The number of fused-ring (bicyclic) bond motifs is 1. The van der Waals surface area contributed by atoms with E-state index in [-0.39, 0.29) is 25.2 Å². The van der Waals surface area contributed by atoms with Crippen molar-refractivity contribution in [1.29, 1.82) is 0 Å². The summed E-state index contributed by atoms with van der Waals surface area (Å²) in [5.74, 6) is -3.95. The number of oxime groups is 1. The number of likely N-dealkylation sites (N-methyl/N-ethyl adjacent to an activating group) is 1. The summed E-state index contributed by atoms with van der Waals surface area (Å²) in [5, 5.41) is 16.7. The molecule has 54 heavy (non-hydrogen) atoms. The van der Waals surface area contributed by atoms with Crippen LogP contribution in [-0.4, -0.2) is 115 Å². The summed E-state index contributed by atoms with van der Waals surface area (Å²) in [5.41, 5.74) is -1.10. The molecule has 3 aliphatic rings. The van der Waals surface area contributed by atoms with Crippen LogP contribution in [0.1, 0.15) is 87.1 Å². The zero-order valence-corrected chi connectivity index (χ0v) is 34.0. The first-order valence-electron chi connectivity index (χ1n) is 19.1. The second-order valence-electron chi connectivity index (χ2n) is 15.9. The van der Waals surface area contributed by atoms with Gasteiger partial charge in [0.2, 0.25) is 0 Å². The third-order valence-electron chi connectivity index (χ3n) is 11.5. The highest BCUT2D eigenvalue weighted by Crippen LogP contribution is 2.43. The quantitative estimate of drug-likeness (QED) is 0.197. The number of benzene rings is 1. The highest BCUT2D eigenvalue weighted by Gasteiger charge is 2.59. The lowest BCUT2D eigenvalue weighted by molar-refractivity contribution is -0.303. The summed E-state index contributed by atoms with van der Waals surface area (Å²) in [6, 6.07) is 9.37. The molecule has 3 heterocycles. The molecule has 1 N–H and O–H groups in total. The van der Waals surface area contributed by atoms with E-state index in [2.05, 4.69) is 0 Å². The highest BCUT2D eigenvalue weighted by atomic mass is 16.8. The third kappa shape index (κ3) is 9.55. The first-order chi connectivity index (χ1) is 25.4. The van der Waals surface area contributed by atoms with Crippen molar-refractivity contribution >= 4 is 23.8 Å². The highest BCUT2D eigenvalue weighted by molar-refractivity contribution is 5.89. The summed E-state index contributed by atoms with van der Waals surface area (Å²) in [6.45, 7) is 16.1. The lowest BCUT2D eigenvalue weighted by Gasteiger charge is -2.48. The van der Waals surface area contributed by atoms with Gasteiger partial charge in [-0.25, -0.2) is 4.79 Å². The number of rotatable bonds is 9. The number of ether oxygens (including phenoxy) is 7. The molecule has 304 valence electrons. The molecular weight excluding hydrogens is 700 g/mol. The van der Waals surface area contributed by atoms with Crippen LogP contribution in [0.3, 0.4) is 0 Å². The van der Waals surface area contributed by atoms with E-state index in [1.807, 2.05) is 83.9 Å². The van der Waals surface area contributed by atoms with Crippen molar-refractivity contribution in [2.75, 3.05) is 21.2 Å². The first kappa shape index (κ1) is 43.4. The Kier molecular flexibility index (Phi) is 14.6. The molecule has 3 aliphatic heterocycles. The van der Waals surface area contributed by atoms with Gasteiger partial charge in [0.05, 0.1) is 41.6 Å². The largest absolute Gasteiger partial charge is 0.509 e. The molecule has 0 aromatic heterocycles. The minimum Gasteiger partial charge on any atom is -0.458 e. The molecule has 0 bridgehead atoms. The number of methoxy groups -OCH3 is 1. The molecule has 0 aliphatic carbocycles. The molecule has 3 saturated heterocycles. The molecule has 3 fully saturated rings. The second kappa shape index (κ2) is 18.1. The van der Waals surface area contributed by atoms with Crippen LogP contribution in [0.25, 0.3) is 0 Å². The maximum atomic E-state index is 13.9. The fourth-order valence-electron chi connectivity index (χ4n) is 8.44. The fraction of sp³-hybridized carbons (Fsp3) is 0.750. The topological polar surface area (TPSA) is 161 Å². The number of esters is 2. The predicted molar refractivity (Wildman–Crippen MR) is 198 cm³/mol. The molecule has 14 heteroatoms. The number of carbonyl (C=O) groups is 3. The Morgan fingerprint density at radius 2 is 1.70 bits per heavy atom. The van der Waals surface area contributed by atoms with E-state index in [0.29, 0.717) is 18.6 Å². The maximum Gasteiger partial charge on any atom is 0.509 e. The molecule has 0 spiro atoms. The predicted octanol–water partition coefficient (Wildman–Crippen LogP) is 5.27. The zero-order chi connectivity index (χ0) is 40.1. The van der Waals surface area contributed by atoms with Crippen LogP contribution < -0.4 is 0 Å². The number of aliphatic hydroxyl groups excluding tert-OH is 1. The Hall–Kier alpha value is -3.30. The van der Waals surface area contributed by atoms with E-state index in [4.69, 9.17) is 43.2 Å². The maximum absolute atomic E-state index is 13.9. The van der Waals surface area contributed by atoms with Crippen LogP contribution in [0.4, 0.5) is 4.79 Å². The van der Waals surface area contributed by atoms with Gasteiger partial charge in [-0.1, -0.05) is 63.2 Å². The number of hydrogen-bond donors (Lipinski definition) is 1. The second-order valence-corrected chi connectivity index (χ2v) is 15.9. The molecule has 0 amide bonds. The minimum atomic E-state index is -1.39. The Balaban J connectivity index is 1.85. The van der Waals surface area contributed by atoms with Gasteiger partial charge in [0.15, 0.2) is 24.1 Å². The monoisotopic (exact) mass is 762 g/mol. The van der Waals surface area contributed by atoms with Crippen molar-refractivity contribution in [1.82, 2.24) is 4.90 Å². The van der Waals surface area contributed by atoms with Crippen LogP contribution in [0.2, 0.25) is 0 Å². The third-order valence-corrected chi connectivity index (χ3v) is 11.5. The average Bonchev–Trinajstić information content (AvgIpc) is 3.44. The number of nitrogens with zero attached hydrogens (tertiary/aromatic N) is 2. The zero-order valence-electron chi connectivity index (χ0n) is 34.0. The van der Waals surface area contributed by atoms with Gasteiger partial charge < -0.3 is 48.0 Å². The molecule has 1 aromatic rings. The van der Waals surface area contributed by atoms with Crippen LogP contribution in [0.15, 0.2) is 35.5 Å². The summed E-state index contributed by atoms with van der Waals surface area (Å²) in [4.78, 5) is 47.1. The molecule has 14 atom stereocenters. The lowest BCUT2D eigenvalue weighted by atomic mass is 9.73. The van der Waals surface area contributed by atoms with Gasteiger partial charge in [-0.3, -0.25) is 9.59 Å². The van der Waals surface area contributed by atoms with Gasteiger partial charge in [-0.15, -0.1) is 0 Å². The minimum absolute atomic E-state index is 0.188. The van der Waals surface area contributed by atoms with Gasteiger partial charge in [-0.05, 0) is 66.6 Å². The van der Waals surface area contributed by atoms with Crippen molar-refractivity contribution in [3.05, 3.63) is 35.9 Å². The van der Waals surface area contributed by atoms with E-state index in [0.717, 1.165) is 5.56 Å². The Morgan fingerprint density at radius 1 is 1.04 bits per heavy atom. The number of hydrogen-bond acceptors (Lipinski definition) is 14. The van der Waals surface area contributed by atoms with E-state index in [9.17, 15) is 19.5 Å². The van der Waals surface area contributed by atoms with Crippen molar-refractivity contribution in [3.8, 4) is 0 Å². The summed E-state index contributed by atoms with van der Waals surface area (Å²) >= 11 is 0. The van der Waals surface area contributed by atoms with E-state index < -0.39 is 89.8 Å². The van der Waals surface area contributed by atoms with Crippen LogP contribution in [0, 0.1) is 23.7 Å². The summed E-state index contributed by atoms with van der Waals surface area (Å²) < 4.78 is 43.2. The Morgan fingerprint density at radius 3 is 2.30 bits per heavy atom. The molecule has 1 aromatic carbocycles. The molecule has 0 unspecified atom stereocenters. The smallest absolute Gasteiger partial charge is 0.458 e. The first-order valence-corrected chi connectivity index (χ1v) is 19.1. The van der Waals surface area contributed by atoms with Gasteiger partial charge in [-0.2, -0.15) is 0 Å². The molecule has 4 rings (SSSR count). The summed E-state index contributed by atoms with van der Waals surface area (Å²) in [7, 11) is 5.37. The van der Waals surface area contributed by atoms with Gasteiger partial charge in [0.25, 0.3) is 0 Å². The lowest BCUT2D eigenvalue weighted by Crippen LogP contribution is -2.61. The fourth-order valence-corrected chi connectivity index (χ4v) is 8.44. The molecule has 0 saturated carbocycles. The number of carbonyl (C=O) groups excluding carboxylic acids is 3. The van der Waals surface area contributed by atoms with E-state index >= 15 is 0 Å². The normalized spacial score (nSPS) is 40.2. The van der Waals surface area contributed by atoms with Crippen molar-refractivity contribution in [3.63, 3.8) is 0 Å². The van der Waals surface area contributed by atoms with Crippen molar-refractivity contribution in [2.24, 2.45) is 28.8 Å². The van der Waals surface area contributed by atoms with Crippen LogP contribution >= 0.6 is 0 Å². The van der Waals surface area contributed by atoms with E-state index in [1.54, 1.807) is 27.9 Å². The van der Waals surface area contributed by atoms with Gasteiger partial charge in [0.1, 0.15) is 12.7 Å². The van der Waals surface area contributed by atoms with E-state index in [1.165, 1.54) is 6.92 Å². The number of cyclic esters (lactones) is 1. The summed E-state index contributed by atoms with van der Waals surface area (Å²) in [6.07, 6.45) is -5.91.